The third-order valence-electron chi connectivity index (χ3n) is 3.13. The molecule has 2 rings (SSSR count). The molecule has 1 N–H and O–H groups in total. The van der Waals surface area contributed by atoms with E-state index in [9.17, 15) is 4.79 Å². The number of para-hydroxylation sites is 1. The van der Waals surface area contributed by atoms with Crippen molar-refractivity contribution < 1.29 is 9.53 Å². The minimum atomic E-state index is -0.297. The summed E-state index contributed by atoms with van der Waals surface area (Å²) >= 11 is 0. The summed E-state index contributed by atoms with van der Waals surface area (Å²) in [5, 5.41) is 4.38. The van der Waals surface area contributed by atoms with Crippen LogP contribution in [0.15, 0.2) is 30.5 Å². The number of hydrogen-bond donors (Lipinski definition) is 1. The lowest BCUT2D eigenvalue weighted by molar-refractivity contribution is -0.142. The first-order valence-electron chi connectivity index (χ1n) is 5.97. The van der Waals surface area contributed by atoms with E-state index < -0.39 is 0 Å². The summed E-state index contributed by atoms with van der Waals surface area (Å²) in [6, 6.07) is 7.93. The highest BCUT2D eigenvalue weighted by Crippen LogP contribution is 2.20. The molecule has 1 aromatic carbocycles. The molecule has 1 atom stereocenters. The summed E-state index contributed by atoms with van der Waals surface area (Å²) in [6.07, 6.45) is 2.08. The van der Waals surface area contributed by atoms with Gasteiger partial charge in [-0.15, -0.1) is 0 Å². The molecule has 4 heteroatoms. The van der Waals surface area contributed by atoms with Crippen LogP contribution in [0.1, 0.15) is 12.5 Å². The number of aromatic nitrogens is 1. The maximum Gasteiger partial charge on any atom is 0.322 e. The number of aryl methyl sites for hydroxylation is 1. The van der Waals surface area contributed by atoms with Crippen molar-refractivity contribution in [2.45, 2.75) is 19.5 Å². The molecule has 4 nitrogen and oxygen atoms in total. The first kappa shape index (κ1) is 12.6. The summed E-state index contributed by atoms with van der Waals surface area (Å²) in [4.78, 5) is 11.3. The van der Waals surface area contributed by atoms with Crippen molar-refractivity contribution in [1.29, 1.82) is 0 Å². The van der Waals surface area contributed by atoms with Crippen LogP contribution in [0.2, 0.25) is 0 Å². The van der Waals surface area contributed by atoms with Crippen LogP contribution < -0.4 is 5.32 Å². The molecule has 1 heterocycles. The Kier molecular flexibility index (Phi) is 3.67. The van der Waals surface area contributed by atoms with Crippen molar-refractivity contribution in [2.24, 2.45) is 7.05 Å². The number of nitrogens with zero attached hydrogens (tertiary/aromatic N) is 1. The van der Waals surface area contributed by atoms with E-state index in [1.54, 1.807) is 6.92 Å². The number of esters is 1. The van der Waals surface area contributed by atoms with Gasteiger partial charge in [0, 0.05) is 30.7 Å². The lowest BCUT2D eigenvalue weighted by Crippen LogP contribution is -2.34. The zero-order valence-corrected chi connectivity index (χ0v) is 10.9. The Morgan fingerprint density at radius 2 is 2.17 bits per heavy atom. The highest BCUT2D eigenvalue weighted by molar-refractivity contribution is 5.84. The Morgan fingerprint density at radius 1 is 1.44 bits per heavy atom. The zero-order chi connectivity index (χ0) is 13.1. The molecule has 0 saturated carbocycles. The van der Waals surface area contributed by atoms with Gasteiger partial charge in [0.25, 0.3) is 0 Å². The van der Waals surface area contributed by atoms with Gasteiger partial charge in [-0.3, -0.25) is 4.79 Å². The van der Waals surface area contributed by atoms with Crippen molar-refractivity contribution in [2.75, 3.05) is 7.11 Å². The maximum absolute atomic E-state index is 11.3. The Balaban J connectivity index is 2.15. The standard InChI is InChI=1S/C14H18N2O2/c1-10(14(17)18-3)15-8-11-9-16(2)13-7-5-4-6-12(11)13/h4-7,9-10,15H,8H2,1-3H3/t10-/m0/s1. The summed E-state index contributed by atoms with van der Waals surface area (Å²) < 4.78 is 6.78. The van der Waals surface area contributed by atoms with Crippen LogP contribution in [0, 0.1) is 0 Å². The van der Waals surface area contributed by atoms with Crippen LogP contribution in [-0.2, 0) is 23.1 Å². The average Bonchev–Trinajstić information content (AvgIpc) is 2.72. The first-order chi connectivity index (χ1) is 8.63. The summed E-state index contributed by atoms with van der Waals surface area (Å²) in [5.74, 6) is -0.241. The van der Waals surface area contributed by atoms with Gasteiger partial charge in [-0.1, -0.05) is 18.2 Å². The monoisotopic (exact) mass is 246 g/mol. The number of carbonyl (C=O) groups is 1. The molecule has 1 aromatic heterocycles. The third-order valence-corrected chi connectivity index (χ3v) is 3.13. The van der Waals surface area contributed by atoms with Crippen LogP contribution in [0.3, 0.4) is 0 Å². The number of carbonyl (C=O) groups excluding carboxylic acids is 1. The predicted octanol–water partition coefficient (Wildman–Crippen LogP) is 1.83. The first-order valence-corrected chi connectivity index (χ1v) is 5.97. The summed E-state index contributed by atoms with van der Waals surface area (Å²) in [5.41, 5.74) is 2.38. The van der Waals surface area contributed by atoms with Crippen LogP contribution in [0.25, 0.3) is 10.9 Å². The number of rotatable bonds is 4. The molecule has 0 aliphatic carbocycles. The number of nitrogens with one attached hydrogen (secondary N) is 1. The molecule has 18 heavy (non-hydrogen) atoms. The van der Waals surface area contributed by atoms with Gasteiger partial charge in [-0.05, 0) is 18.6 Å². The molecule has 0 fully saturated rings. The van der Waals surface area contributed by atoms with Gasteiger partial charge >= 0.3 is 5.97 Å². The summed E-state index contributed by atoms with van der Waals surface area (Å²) in [6.45, 7) is 2.45. The van der Waals surface area contributed by atoms with Gasteiger partial charge in [0.05, 0.1) is 7.11 Å². The minimum absolute atomic E-state index is 0.241. The molecule has 0 spiro atoms. The van der Waals surface area contributed by atoms with Gasteiger partial charge in [0.15, 0.2) is 0 Å². The highest BCUT2D eigenvalue weighted by Gasteiger charge is 2.13. The Morgan fingerprint density at radius 3 is 2.89 bits per heavy atom. The predicted molar refractivity (Wildman–Crippen MR) is 71.2 cm³/mol. The van der Waals surface area contributed by atoms with E-state index in [1.165, 1.54) is 23.6 Å². The number of fused-ring (bicyclic) bond motifs is 1. The number of benzene rings is 1. The lowest BCUT2D eigenvalue weighted by atomic mass is 10.1. The SMILES string of the molecule is COC(=O)[C@H](C)NCc1cn(C)c2ccccc12. The van der Waals surface area contributed by atoms with Crippen LogP contribution in [0.5, 0.6) is 0 Å². The average molecular weight is 246 g/mol. The third kappa shape index (κ3) is 2.38. The molecule has 0 amide bonds. The van der Waals surface area contributed by atoms with Crippen molar-refractivity contribution in [1.82, 2.24) is 9.88 Å². The molecule has 0 radical (unpaired) electrons. The molecule has 0 aliphatic rings. The van der Waals surface area contributed by atoms with Crippen LogP contribution in [-0.4, -0.2) is 23.7 Å². The zero-order valence-electron chi connectivity index (χ0n) is 10.9. The van der Waals surface area contributed by atoms with Gasteiger partial charge in [-0.25, -0.2) is 0 Å². The molecule has 0 saturated heterocycles. The van der Waals surface area contributed by atoms with Gasteiger partial charge < -0.3 is 14.6 Å². The molecule has 0 aliphatic heterocycles. The second-order valence-corrected chi connectivity index (χ2v) is 4.41. The fourth-order valence-electron chi connectivity index (χ4n) is 2.09. The smallest absolute Gasteiger partial charge is 0.322 e. The maximum atomic E-state index is 11.3. The van der Waals surface area contributed by atoms with Crippen LogP contribution >= 0.6 is 0 Å². The Bertz CT molecular complexity index is 560. The largest absolute Gasteiger partial charge is 0.468 e. The lowest BCUT2D eigenvalue weighted by Gasteiger charge is -2.10. The highest BCUT2D eigenvalue weighted by atomic mass is 16.5. The number of hydrogen-bond acceptors (Lipinski definition) is 3. The van der Waals surface area contributed by atoms with Crippen LogP contribution in [0.4, 0.5) is 0 Å². The fourth-order valence-corrected chi connectivity index (χ4v) is 2.09. The number of methoxy groups -OCH3 is 1. The molecule has 96 valence electrons. The molecule has 0 unspecified atom stereocenters. The van der Waals surface area contributed by atoms with Gasteiger partial charge in [-0.2, -0.15) is 0 Å². The van der Waals surface area contributed by atoms with Crippen molar-refractivity contribution in [3.05, 3.63) is 36.0 Å². The van der Waals surface area contributed by atoms with E-state index in [4.69, 9.17) is 0 Å². The quantitative estimate of drug-likeness (QED) is 0.837. The topological polar surface area (TPSA) is 43.3 Å². The minimum Gasteiger partial charge on any atom is -0.468 e. The van der Waals surface area contributed by atoms with E-state index in [0.717, 1.165) is 0 Å². The molecular formula is C14H18N2O2. The van der Waals surface area contributed by atoms with E-state index in [2.05, 4.69) is 33.0 Å². The van der Waals surface area contributed by atoms with Gasteiger partial charge in [0.1, 0.15) is 6.04 Å². The van der Waals surface area contributed by atoms with Crippen molar-refractivity contribution in [3.63, 3.8) is 0 Å². The summed E-state index contributed by atoms with van der Waals surface area (Å²) in [7, 11) is 3.42. The van der Waals surface area contributed by atoms with E-state index in [1.807, 2.05) is 19.2 Å². The van der Waals surface area contributed by atoms with E-state index in [-0.39, 0.29) is 12.0 Å². The fraction of sp³-hybridized carbons (Fsp3) is 0.357. The Labute approximate surface area is 107 Å². The second kappa shape index (κ2) is 5.23. The van der Waals surface area contributed by atoms with E-state index >= 15 is 0 Å². The molecular weight excluding hydrogens is 228 g/mol. The Hall–Kier alpha value is -1.81. The molecule has 2 aromatic rings. The van der Waals surface area contributed by atoms with Gasteiger partial charge in [0.2, 0.25) is 0 Å². The molecule has 0 bridgehead atoms. The van der Waals surface area contributed by atoms with Crippen molar-refractivity contribution in [3.8, 4) is 0 Å². The second-order valence-electron chi connectivity index (χ2n) is 4.41. The van der Waals surface area contributed by atoms with Crippen molar-refractivity contribution >= 4 is 16.9 Å². The van der Waals surface area contributed by atoms with E-state index in [0.29, 0.717) is 6.54 Å². The normalized spacial score (nSPS) is 12.6. The number of ether oxygens (including phenoxy) is 1.